The fraction of sp³-hybridized carbons (Fsp3) is 0.632. The quantitative estimate of drug-likeness (QED) is 0.783. The highest BCUT2D eigenvalue weighted by molar-refractivity contribution is 7.80. The van der Waals surface area contributed by atoms with Gasteiger partial charge in [0.25, 0.3) is 0 Å². The summed E-state index contributed by atoms with van der Waals surface area (Å²) in [6.45, 7) is 11.1. The minimum Gasteiger partial charge on any atom is -0.361 e. The number of hydrogen-bond acceptors (Lipinski definition) is 2. The molecule has 0 aromatic heterocycles. The predicted molar refractivity (Wildman–Crippen MR) is 104 cm³/mol. The third-order valence-electron chi connectivity index (χ3n) is 4.81. The van der Waals surface area contributed by atoms with Crippen LogP contribution in [0.2, 0.25) is 0 Å². The molecule has 0 saturated carbocycles. The van der Waals surface area contributed by atoms with E-state index in [2.05, 4.69) is 67.5 Å². The lowest BCUT2D eigenvalue weighted by Gasteiger charge is -2.38. The number of likely N-dealkylation sites (tertiary alicyclic amines) is 1. The fourth-order valence-electron chi connectivity index (χ4n) is 3.26. The maximum atomic E-state index is 5.43. The van der Waals surface area contributed by atoms with E-state index in [4.69, 9.17) is 12.2 Å². The summed E-state index contributed by atoms with van der Waals surface area (Å²) in [4.78, 5) is 2.59. The van der Waals surface area contributed by atoms with E-state index in [9.17, 15) is 0 Å². The van der Waals surface area contributed by atoms with Gasteiger partial charge < -0.3 is 10.6 Å². The third-order valence-corrected chi connectivity index (χ3v) is 5.06. The third kappa shape index (κ3) is 5.47. The van der Waals surface area contributed by atoms with Crippen molar-refractivity contribution < 1.29 is 0 Å². The van der Waals surface area contributed by atoms with Crippen LogP contribution in [0, 0.1) is 0 Å². The summed E-state index contributed by atoms with van der Waals surface area (Å²) in [5, 5.41) is 7.35. The van der Waals surface area contributed by atoms with E-state index >= 15 is 0 Å². The number of thiocarbonyl (C=S) groups is 1. The minimum absolute atomic E-state index is 0.508. The molecule has 23 heavy (non-hydrogen) atoms. The van der Waals surface area contributed by atoms with Crippen molar-refractivity contribution in [1.29, 1.82) is 0 Å². The van der Waals surface area contributed by atoms with Gasteiger partial charge in [0.15, 0.2) is 5.11 Å². The number of hydrogen-bond donors (Lipinski definition) is 2. The van der Waals surface area contributed by atoms with Crippen LogP contribution < -0.4 is 10.6 Å². The average molecular weight is 334 g/mol. The summed E-state index contributed by atoms with van der Waals surface area (Å²) in [5.41, 5.74) is 2.40. The highest BCUT2D eigenvalue weighted by Crippen LogP contribution is 2.19. The molecule has 0 amide bonds. The van der Waals surface area contributed by atoms with Crippen molar-refractivity contribution in [3.05, 3.63) is 29.8 Å². The summed E-state index contributed by atoms with van der Waals surface area (Å²) in [5.74, 6) is 0.557. The maximum absolute atomic E-state index is 5.43. The Morgan fingerprint density at radius 2 is 1.91 bits per heavy atom. The zero-order valence-electron chi connectivity index (χ0n) is 14.9. The Balaban J connectivity index is 1.78. The van der Waals surface area contributed by atoms with Gasteiger partial charge in [0, 0.05) is 24.3 Å². The molecule has 0 spiro atoms. The van der Waals surface area contributed by atoms with Crippen molar-refractivity contribution in [2.75, 3.05) is 18.4 Å². The van der Waals surface area contributed by atoms with Gasteiger partial charge in [-0.15, -0.1) is 0 Å². The molecule has 2 rings (SSSR count). The van der Waals surface area contributed by atoms with Gasteiger partial charge in [-0.05, 0) is 69.1 Å². The first-order chi connectivity index (χ1) is 11.0. The standard InChI is InChI=1S/C19H31N3S/c1-14(2)17-8-10-18(11-9-17)21-19(23)20-13-16(4)22-12-6-5-7-15(22)3/h8-11,14-16H,5-7,12-13H2,1-4H3,(H2,20,21,23)/t15-,16-/m0/s1. The molecule has 1 aromatic rings. The molecular weight excluding hydrogens is 302 g/mol. The molecule has 0 unspecified atom stereocenters. The molecular formula is C19H31N3S. The van der Waals surface area contributed by atoms with Crippen molar-refractivity contribution in [3.63, 3.8) is 0 Å². The minimum atomic E-state index is 0.508. The molecule has 1 aromatic carbocycles. The van der Waals surface area contributed by atoms with E-state index in [0.29, 0.717) is 23.1 Å². The van der Waals surface area contributed by atoms with Crippen LogP contribution in [0.25, 0.3) is 0 Å². The number of nitrogens with one attached hydrogen (secondary N) is 2. The van der Waals surface area contributed by atoms with Crippen molar-refractivity contribution >= 4 is 23.0 Å². The van der Waals surface area contributed by atoms with Gasteiger partial charge in [-0.3, -0.25) is 4.90 Å². The molecule has 1 aliphatic rings. The van der Waals surface area contributed by atoms with Crippen molar-refractivity contribution in [1.82, 2.24) is 10.2 Å². The van der Waals surface area contributed by atoms with Crippen molar-refractivity contribution in [2.45, 2.75) is 65.0 Å². The molecule has 2 N–H and O–H groups in total. The van der Waals surface area contributed by atoms with Crippen LogP contribution in [-0.4, -0.2) is 35.2 Å². The predicted octanol–water partition coefficient (Wildman–Crippen LogP) is 4.36. The molecule has 2 atom stereocenters. The SMILES string of the molecule is CC(C)c1ccc(NC(=S)NC[C@H](C)N2CCCC[C@@H]2C)cc1. The molecule has 3 nitrogen and oxygen atoms in total. The summed E-state index contributed by atoms with van der Waals surface area (Å²) < 4.78 is 0. The van der Waals surface area contributed by atoms with Gasteiger partial charge >= 0.3 is 0 Å². The highest BCUT2D eigenvalue weighted by atomic mass is 32.1. The first-order valence-corrected chi connectivity index (χ1v) is 9.28. The number of rotatable bonds is 5. The van der Waals surface area contributed by atoms with Gasteiger partial charge in [-0.2, -0.15) is 0 Å². The van der Waals surface area contributed by atoms with E-state index in [1.54, 1.807) is 0 Å². The smallest absolute Gasteiger partial charge is 0.170 e. The topological polar surface area (TPSA) is 27.3 Å². The van der Waals surface area contributed by atoms with E-state index < -0.39 is 0 Å². The first kappa shape index (κ1) is 18.2. The second-order valence-corrected chi connectivity index (χ2v) is 7.45. The normalized spacial score (nSPS) is 20.3. The monoisotopic (exact) mass is 333 g/mol. The average Bonchev–Trinajstić information content (AvgIpc) is 2.53. The zero-order valence-corrected chi connectivity index (χ0v) is 15.7. The maximum Gasteiger partial charge on any atom is 0.170 e. The van der Waals surface area contributed by atoms with Gasteiger partial charge in [0.1, 0.15) is 0 Å². The van der Waals surface area contributed by atoms with Crippen molar-refractivity contribution in [3.8, 4) is 0 Å². The summed E-state index contributed by atoms with van der Waals surface area (Å²) in [6.07, 6.45) is 4.00. The Kier molecular flexibility index (Phi) is 6.85. The molecule has 1 saturated heterocycles. The van der Waals surface area contributed by atoms with Crippen LogP contribution in [0.1, 0.15) is 58.4 Å². The Morgan fingerprint density at radius 3 is 2.52 bits per heavy atom. The first-order valence-electron chi connectivity index (χ1n) is 8.88. The van der Waals surface area contributed by atoms with Crippen LogP contribution in [0.5, 0.6) is 0 Å². The lowest BCUT2D eigenvalue weighted by Crippen LogP contribution is -2.48. The van der Waals surface area contributed by atoms with Gasteiger partial charge in [-0.25, -0.2) is 0 Å². The number of piperidine rings is 1. The Labute approximate surface area is 146 Å². The second-order valence-electron chi connectivity index (χ2n) is 7.04. The molecule has 4 heteroatoms. The largest absolute Gasteiger partial charge is 0.361 e. The van der Waals surface area contributed by atoms with E-state index in [-0.39, 0.29) is 0 Å². The molecule has 1 heterocycles. The summed E-state index contributed by atoms with van der Waals surface area (Å²) in [7, 11) is 0. The molecule has 1 aliphatic heterocycles. The van der Waals surface area contributed by atoms with Gasteiger partial charge in [0.2, 0.25) is 0 Å². The highest BCUT2D eigenvalue weighted by Gasteiger charge is 2.22. The molecule has 0 bridgehead atoms. The van der Waals surface area contributed by atoms with Crippen LogP contribution in [-0.2, 0) is 0 Å². The van der Waals surface area contributed by atoms with E-state index in [1.165, 1.54) is 31.4 Å². The lowest BCUT2D eigenvalue weighted by atomic mass is 10.0. The van der Waals surface area contributed by atoms with Crippen LogP contribution in [0.4, 0.5) is 5.69 Å². The summed E-state index contributed by atoms with van der Waals surface area (Å²) >= 11 is 5.43. The lowest BCUT2D eigenvalue weighted by molar-refractivity contribution is 0.116. The number of nitrogens with zero attached hydrogens (tertiary/aromatic N) is 1. The second kappa shape index (κ2) is 8.65. The van der Waals surface area contributed by atoms with Crippen LogP contribution >= 0.6 is 12.2 Å². The Morgan fingerprint density at radius 1 is 1.22 bits per heavy atom. The van der Waals surface area contributed by atoms with Gasteiger partial charge in [-0.1, -0.05) is 32.4 Å². The molecule has 128 valence electrons. The van der Waals surface area contributed by atoms with Gasteiger partial charge in [0.05, 0.1) is 0 Å². The fourth-order valence-corrected chi connectivity index (χ4v) is 3.46. The van der Waals surface area contributed by atoms with E-state index in [1.807, 2.05) is 0 Å². The number of benzene rings is 1. The van der Waals surface area contributed by atoms with E-state index in [0.717, 1.165) is 12.2 Å². The molecule has 0 radical (unpaired) electrons. The Bertz CT molecular complexity index is 498. The molecule has 0 aliphatic carbocycles. The van der Waals surface area contributed by atoms with Crippen molar-refractivity contribution in [2.24, 2.45) is 0 Å². The van der Waals surface area contributed by atoms with Crippen LogP contribution in [0.15, 0.2) is 24.3 Å². The van der Waals surface area contributed by atoms with Crippen LogP contribution in [0.3, 0.4) is 0 Å². The Hall–Kier alpha value is -1.13. The molecule has 1 fully saturated rings. The zero-order chi connectivity index (χ0) is 16.8. The number of anilines is 1. The summed E-state index contributed by atoms with van der Waals surface area (Å²) in [6, 6.07) is 9.71.